The Bertz CT molecular complexity index is 1400. The molecule has 0 radical (unpaired) electrons. The minimum absolute atomic E-state index is 0.0432. The highest BCUT2D eigenvalue weighted by atomic mass is 16.8. The van der Waals surface area contributed by atoms with E-state index in [2.05, 4.69) is 38.6 Å². The Morgan fingerprint density at radius 1 is 1.03 bits per heavy atom. The number of aryl methyl sites for hydroxylation is 1. The molecular weight excluding hydrogens is 430 g/mol. The summed E-state index contributed by atoms with van der Waals surface area (Å²) >= 11 is 0. The van der Waals surface area contributed by atoms with Gasteiger partial charge in [0.15, 0.2) is 11.4 Å². The van der Waals surface area contributed by atoms with E-state index < -0.39 is 5.79 Å². The maximum absolute atomic E-state index is 6.48. The second-order valence-electron chi connectivity index (χ2n) is 10.3. The third-order valence-electron chi connectivity index (χ3n) is 7.35. The molecule has 2 aliphatic rings. The van der Waals surface area contributed by atoms with E-state index in [4.69, 9.17) is 25.9 Å². The first-order chi connectivity index (χ1) is 16.2. The zero-order valence-corrected chi connectivity index (χ0v) is 19.6. The normalized spacial score (nSPS) is 28.0. The van der Waals surface area contributed by atoms with Crippen molar-refractivity contribution in [3.05, 3.63) is 48.5 Å². The number of aromatic nitrogens is 5. The van der Waals surface area contributed by atoms with Gasteiger partial charge in [0, 0.05) is 17.3 Å². The molecule has 1 aliphatic carbocycles. The summed E-state index contributed by atoms with van der Waals surface area (Å²) in [5.74, 6) is 0.323. The van der Waals surface area contributed by atoms with Gasteiger partial charge in [-0.05, 0) is 68.9 Å². The van der Waals surface area contributed by atoms with E-state index in [0.717, 1.165) is 41.4 Å². The van der Waals surface area contributed by atoms with Crippen molar-refractivity contribution in [3.8, 4) is 0 Å². The fraction of sp³-hybridized carbons (Fsp3) is 0.440. The molecule has 9 nitrogen and oxygen atoms in total. The highest BCUT2D eigenvalue weighted by molar-refractivity contribution is 5.86. The Balaban J connectivity index is 1.31. The van der Waals surface area contributed by atoms with E-state index >= 15 is 0 Å². The minimum Gasteiger partial charge on any atom is -0.384 e. The van der Waals surface area contributed by atoms with Crippen molar-refractivity contribution >= 4 is 33.7 Å². The van der Waals surface area contributed by atoms with E-state index in [1.54, 1.807) is 6.07 Å². The SMILES string of the molecule is CC1(C)O[C@H]2[C@H](n3ccc4c(N)ncnc43)C[C@](C)(CCc3ccc4ccc(N)nc4n3)[C@H]2O1. The van der Waals surface area contributed by atoms with Crippen molar-refractivity contribution in [2.75, 3.05) is 11.5 Å². The third kappa shape index (κ3) is 3.38. The maximum Gasteiger partial charge on any atom is 0.163 e. The number of nitrogens with two attached hydrogens (primary N) is 2. The first-order valence-corrected chi connectivity index (χ1v) is 11.7. The van der Waals surface area contributed by atoms with Crippen LogP contribution in [0.15, 0.2) is 42.9 Å². The summed E-state index contributed by atoms with van der Waals surface area (Å²) < 4.78 is 15.1. The van der Waals surface area contributed by atoms with Gasteiger partial charge in [-0.1, -0.05) is 6.92 Å². The molecule has 4 atom stereocenters. The molecule has 0 spiro atoms. The number of nitrogen functional groups attached to an aromatic ring is 2. The van der Waals surface area contributed by atoms with Gasteiger partial charge in [0.05, 0.1) is 17.5 Å². The lowest BCUT2D eigenvalue weighted by atomic mass is 9.80. The average Bonchev–Trinajstić information content (AvgIpc) is 3.44. The summed E-state index contributed by atoms with van der Waals surface area (Å²) in [6, 6.07) is 9.93. The Morgan fingerprint density at radius 3 is 2.71 bits per heavy atom. The highest BCUT2D eigenvalue weighted by Gasteiger charge is 2.59. The van der Waals surface area contributed by atoms with Gasteiger partial charge < -0.3 is 25.5 Å². The monoisotopic (exact) mass is 459 g/mol. The third-order valence-corrected chi connectivity index (χ3v) is 7.35. The quantitative estimate of drug-likeness (QED) is 0.473. The molecule has 176 valence electrons. The summed E-state index contributed by atoms with van der Waals surface area (Å²) in [7, 11) is 0. The van der Waals surface area contributed by atoms with Crippen LogP contribution < -0.4 is 11.5 Å². The van der Waals surface area contributed by atoms with Crippen molar-refractivity contribution in [3.63, 3.8) is 0 Å². The summed E-state index contributed by atoms with van der Waals surface area (Å²) in [5.41, 5.74) is 14.3. The molecule has 4 aromatic heterocycles. The number of fused-ring (bicyclic) bond motifs is 3. The van der Waals surface area contributed by atoms with Crippen LogP contribution in [0.3, 0.4) is 0 Å². The van der Waals surface area contributed by atoms with Crippen LogP contribution in [-0.4, -0.2) is 42.5 Å². The molecule has 1 aliphatic heterocycles. The fourth-order valence-electron chi connectivity index (χ4n) is 5.68. The molecule has 0 amide bonds. The molecule has 0 bridgehead atoms. The summed E-state index contributed by atoms with van der Waals surface area (Å²) in [6.07, 6.45) is 6.04. The van der Waals surface area contributed by atoms with Gasteiger partial charge in [0.25, 0.3) is 0 Å². The Kier molecular flexibility index (Phi) is 4.59. The van der Waals surface area contributed by atoms with Crippen molar-refractivity contribution in [2.45, 2.75) is 64.1 Å². The first kappa shape index (κ1) is 21.2. The van der Waals surface area contributed by atoms with Crippen molar-refractivity contribution < 1.29 is 9.47 Å². The molecule has 2 fully saturated rings. The zero-order valence-electron chi connectivity index (χ0n) is 19.6. The fourth-order valence-corrected chi connectivity index (χ4v) is 5.68. The molecule has 34 heavy (non-hydrogen) atoms. The molecule has 9 heteroatoms. The number of hydrogen-bond acceptors (Lipinski definition) is 8. The molecule has 6 rings (SSSR count). The van der Waals surface area contributed by atoms with Gasteiger partial charge in [0.2, 0.25) is 0 Å². The summed E-state index contributed by atoms with van der Waals surface area (Å²) in [5, 5.41) is 1.85. The van der Waals surface area contributed by atoms with Crippen LogP contribution >= 0.6 is 0 Å². The number of anilines is 2. The molecule has 5 heterocycles. The second-order valence-corrected chi connectivity index (χ2v) is 10.3. The maximum atomic E-state index is 6.48. The van der Waals surface area contributed by atoms with E-state index in [-0.39, 0.29) is 23.7 Å². The lowest BCUT2D eigenvalue weighted by molar-refractivity contribution is -0.168. The van der Waals surface area contributed by atoms with Crippen LogP contribution in [0.1, 0.15) is 45.3 Å². The number of pyridine rings is 2. The predicted molar refractivity (Wildman–Crippen MR) is 130 cm³/mol. The topological polar surface area (TPSA) is 127 Å². The van der Waals surface area contributed by atoms with E-state index in [1.165, 1.54) is 6.33 Å². The summed E-state index contributed by atoms with van der Waals surface area (Å²) in [6.45, 7) is 6.26. The Labute approximate surface area is 197 Å². The van der Waals surface area contributed by atoms with Gasteiger partial charge >= 0.3 is 0 Å². The predicted octanol–water partition coefficient (Wildman–Crippen LogP) is 3.64. The Hall–Kier alpha value is -3.30. The van der Waals surface area contributed by atoms with Gasteiger partial charge in [-0.3, -0.25) is 0 Å². The zero-order chi connectivity index (χ0) is 23.7. The lowest BCUT2D eigenvalue weighted by Gasteiger charge is -2.31. The van der Waals surface area contributed by atoms with Crippen LogP contribution in [0.25, 0.3) is 22.1 Å². The van der Waals surface area contributed by atoms with Gasteiger partial charge in [0.1, 0.15) is 29.7 Å². The number of hydrogen-bond donors (Lipinski definition) is 2. The first-order valence-electron chi connectivity index (χ1n) is 11.7. The highest BCUT2D eigenvalue weighted by Crippen LogP contribution is 2.55. The number of nitrogens with zero attached hydrogens (tertiary/aromatic N) is 5. The largest absolute Gasteiger partial charge is 0.384 e. The lowest BCUT2D eigenvalue weighted by Crippen LogP contribution is -2.34. The van der Waals surface area contributed by atoms with Crippen LogP contribution in [0.2, 0.25) is 0 Å². The number of rotatable bonds is 4. The van der Waals surface area contributed by atoms with Crippen molar-refractivity contribution in [2.24, 2.45) is 5.41 Å². The second kappa shape index (κ2) is 7.35. The standard InChI is InChI=1S/C25H29N7O2/c1-24(2)33-19-17(32-11-9-16-21(27)28-13-29-23(16)32)12-25(3,20(19)34-24)10-8-15-6-4-14-5-7-18(26)31-22(14)30-15/h4-7,9,11,13,17,19-20H,8,10,12H2,1-3H3,(H2,26,30,31)(H2,27,28,29)/t17-,19+,20+,25+/m1/s1. The number of ether oxygens (including phenoxy) is 2. The van der Waals surface area contributed by atoms with Crippen molar-refractivity contribution in [1.82, 2.24) is 24.5 Å². The average molecular weight is 460 g/mol. The molecule has 4 N–H and O–H groups in total. The van der Waals surface area contributed by atoms with Gasteiger partial charge in [-0.15, -0.1) is 0 Å². The molecule has 4 aromatic rings. The molecule has 0 unspecified atom stereocenters. The van der Waals surface area contributed by atoms with E-state index in [1.807, 2.05) is 32.2 Å². The van der Waals surface area contributed by atoms with Crippen LogP contribution in [0.5, 0.6) is 0 Å². The van der Waals surface area contributed by atoms with Gasteiger partial charge in [-0.25, -0.2) is 19.9 Å². The van der Waals surface area contributed by atoms with Gasteiger partial charge in [-0.2, -0.15) is 0 Å². The molecule has 1 saturated heterocycles. The smallest absolute Gasteiger partial charge is 0.163 e. The van der Waals surface area contributed by atoms with E-state index in [9.17, 15) is 0 Å². The van der Waals surface area contributed by atoms with Crippen LogP contribution in [-0.2, 0) is 15.9 Å². The molecule has 1 saturated carbocycles. The van der Waals surface area contributed by atoms with Crippen molar-refractivity contribution in [1.29, 1.82) is 0 Å². The molecular formula is C25H29N7O2. The van der Waals surface area contributed by atoms with Crippen LogP contribution in [0, 0.1) is 5.41 Å². The minimum atomic E-state index is -0.644. The Morgan fingerprint density at radius 2 is 1.85 bits per heavy atom. The summed E-state index contributed by atoms with van der Waals surface area (Å²) in [4.78, 5) is 17.8. The molecule has 0 aromatic carbocycles. The van der Waals surface area contributed by atoms with Crippen LogP contribution in [0.4, 0.5) is 11.6 Å². The van der Waals surface area contributed by atoms with E-state index in [0.29, 0.717) is 17.3 Å².